The molecular weight excluding hydrogens is 262 g/mol. The topological polar surface area (TPSA) is 75.1 Å². The minimum absolute atomic E-state index is 0.127. The molecule has 5 heteroatoms. The molecule has 0 saturated carbocycles. The molecule has 0 radical (unpaired) electrons. The summed E-state index contributed by atoms with van der Waals surface area (Å²) in [6, 6.07) is 6.66. The summed E-state index contributed by atoms with van der Waals surface area (Å²) in [7, 11) is 1.60. The van der Waals surface area contributed by atoms with Crippen LogP contribution in [0.2, 0.25) is 0 Å². The Balaban J connectivity index is 2.65. The van der Waals surface area contributed by atoms with Crippen molar-refractivity contribution in [2.24, 2.45) is 20.7 Å². The third-order valence-corrected chi connectivity index (χ3v) is 3.31. The average Bonchev–Trinajstić information content (AvgIpc) is 2.47. The Bertz CT molecular complexity index is 546. The molecule has 1 atom stereocenters. The Morgan fingerprint density at radius 1 is 1.38 bits per heavy atom. The predicted molar refractivity (Wildman–Crippen MR) is 91.4 cm³/mol. The molecule has 0 heterocycles. The van der Waals surface area contributed by atoms with Crippen molar-refractivity contribution >= 4 is 18.6 Å². The maximum atomic E-state index is 5.60. The van der Waals surface area contributed by atoms with Crippen molar-refractivity contribution in [3.8, 4) is 0 Å². The highest BCUT2D eigenvalue weighted by Gasteiger charge is 2.06. The first-order valence-electron chi connectivity index (χ1n) is 7.06. The Morgan fingerprint density at radius 2 is 2.10 bits per heavy atom. The molecule has 1 aromatic rings. The van der Waals surface area contributed by atoms with Crippen LogP contribution < -0.4 is 11.1 Å². The van der Waals surface area contributed by atoms with Crippen LogP contribution >= 0.6 is 0 Å². The van der Waals surface area contributed by atoms with E-state index >= 15 is 0 Å². The molecule has 3 N–H and O–H groups in total. The highest BCUT2D eigenvalue weighted by atomic mass is 15.2. The molecule has 1 rings (SSSR count). The summed E-state index contributed by atoms with van der Waals surface area (Å²) in [4.78, 5) is 12.1. The minimum Gasteiger partial charge on any atom is -0.370 e. The van der Waals surface area contributed by atoms with Crippen LogP contribution in [0.4, 0.5) is 0 Å². The van der Waals surface area contributed by atoms with Crippen molar-refractivity contribution in [1.29, 1.82) is 0 Å². The molecule has 0 aliphatic heterocycles. The van der Waals surface area contributed by atoms with Crippen molar-refractivity contribution in [2.45, 2.75) is 39.7 Å². The van der Waals surface area contributed by atoms with Crippen LogP contribution in [0.25, 0.3) is 0 Å². The van der Waals surface area contributed by atoms with Gasteiger partial charge in [-0.3, -0.25) is 10.3 Å². The monoisotopic (exact) mass is 287 g/mol. The highest BCUT2D eigenvalue weighted by molar-refractivity contribution is 5.99. The fraction of sp³-hybridized carbons (Fsp3) is 0.438. The van der Waals surface area contributed by atoms with E-state index in [1.54, 1.807) is 7.05 Å². The number of guanidine groups is 2. The second-order valence-electron chi connectivity index (χ2n) is 5.16. The first-order chi connectivity index (χ1) is 9.96. The zero-order valence-corrected chi connectivity index (χ0v) is 13.3. The van der Waals surface area contributed by atoms with Gasteiger partial charge in [0.2, 0.25) is 5.96 Å². The van der Waals surface area contributed by atoms with Crippen molar-refractivity contribution in [1.82, 2.24) is 5.32 Å². The third kappa shape index (κ3) is 5.77. The lowest BCUT2D eigenvalue weighted by molar-refractivity contribution is 0.664. The number of hydrogen-bond acceptors (Lipinski definition) is 2. The van der Waals surface area contributed by atoms with Gasteiger partial charge in [-0.25, -0.2) is 9.98 Å². The lowest BCUT2D eigenvalue weighted by atomic mass is 10.00. The first-order valence-corrected chi connectivity index (χ1v) is 7.06. The van der Waals surface area contributed by atoms with Crippen LogP contribution in [-0.4, -0.2) is 31.7 Å². The SMILES string of the molecule is C=NC(=NC(C)CCc1cc(C)ccc1C)NC(N)=NC. The van der Waals surface area contributed by atoms with Gasteiger partial charge in [0.05, 0.1) is 6.04 Å². The molecule has 0 aliphatic rings. The van der Waals surface area contributed by atoms with Crippen molar-refractivity contribution < 1.29 is 0 Å². The van der Waals surface area contributed by atoms with E-state index in [0.29, 0.717) is 5.96 Å². The molecule has 1 unspecified atom stereocenters. The van der Waals surface area contributed by atoms with E-state index in [1.807, 2.05) is 0 Å². The normalized spacial score (nSPS) is 13.9. The molecule has 0 aromatic heterocycles. The Morgan fingerprint density at radius 3 is 2.71 bits per heavy atom. The summed E-state index contributed by atoms with van der Waals surface area (Å²) in [6.07, 6.45) is 1.92. The smallest absolute Gasteiger partial charge is 0.224 e. The van der Waals surface area contributed by atoms with Gasteiger partial charge in [0.1, 0.15) is 0 Å². The second-order valence-corrected chi connectivity index (χ2v) is 5.16. The Hall–Kier alpha value is -2.17. The number of rotatable bonds is 4. The number of nitrogens with one attached hydrogen (secondary N) is 1. The molecular formula is C16H25N5. The maximum absolute atomic E-state index is 5.60. The lowest BCUT2D eigenvalue weighted by Gasteiger charge is -2.11. The third-order valence-electron chi connectivity index (χ3n) is 3.31. The molecule has 114 valence electrons. The quantitative estimate of drug-likeness (QED) is 0.658. The zero-order valence-electron chi connectivity index (χ0n) is 13.3. The van der Waals surface area contributed by atoms with Gasteiger partial charge in [-0.2, -0.15) is 0 Å². The lowest BCUT2D eigenvalue weighted by Crippen LogP contribution is -2.36. The van der Waals surface area contributed by atoms with E-state index in [9.17, 15) is 0 Å². The molecule has 5 nitrogen and oxygen atoms in total. The van der Waals surface area contributed by atoms with Gasteiger partial charge in [-0.15, -0.1) is 0 Å². The number of aryl methyl sites for hydroxylation is 3. The summed E-state index contributed by atoms with van der Waals surface area (Å²) in [5.41, 5.74) is 9.57. The summed E-state index contributed by atoms with van der Waals surface area (Å²) < 4.78 is 0. The Kier molecular flexibility index (Phi) is 6.59. The molecule has 0 bridgehead atoms. The number of aliphatic imine (C=N–C) groups is 3. The van der Waals surface area contributed by atoms with E-state index in [4.69, 9.17) is 5.73 Å². The largest absolute Gasteiger partial charge is 0.370 e. The van der Waals surface area contributed by atoms with Gasteiger partial charge < -0.3 is 5.73 Å². The van der Waals surface area contributed by atoms with Gasteiger partial charge in [0, 0.05) is 7.05 Å². The standard InChI is InChI=1S/C16H25N5/c1-11-6-7-12(2)14(10-11)9-8-13(3)20-16(19-5)21-15(17)18-4/h6-7,10,13H,5,8-9H2,1-4H3,(H3,17,18,20,21). The molecule has 0 amide bonds. The van der Waals surface area contributed by atoms with Gasteiger partial charge in [0.25, 0.3) is 0 Å². The van der Waals surface area contributed by atoms with Gasteiger partial charge in [-0.05, 0) is 51.5 Å². The van der Waals surface area contributed by atoms with Gasteiger partial charge >= 0.3 is 0 Å². The van der Waals surface area contributed by atoms with Crippen molar-refractivity contribution in [3.05, 3.63) is 34.9 Å². The van der Waals surface area contributed by atoms with Crippen LogP contribution in [0.15, 0.2) is 33.2 Å². The highest BCUT2D eigenvalue weighted by Crippen LogP contribution is 2.14. The first kappa shape index (κ1) is 16.9. The van der Waals surface area contributed by atoms with Crippen molar-refractivity contribution in [2.75, 3.05) is 7.05 Å². The van der Waals surface area contributed by atoms with Crippen LogP contribution in [0, 0.1) is 13.8 Å². The number of benzene rings is 1. The van der Waals surface area contributed by atoms with Gasteiger partial charge in [-0.1, -0.05) is 23.8 Å². The predicted octanol–water partition coefficient (Wildman–Crippen LogP) is 2.22. The summed E-state index contributed by atoms with van der Waals surface area (Å²) in [5, 5.41) is 2.81. The number of nitrogens with zero attached hydrogens (tertiary/aromatic N) is 3. The molecule has 0 fully saturated rings. The average molecular weight is 287 g/mol. The van der Waals surface area contributed by atoms with E-state index in [1.165, 1.54) is 16.7 Å². The molecule has 21 heavy (non-hydrogen) atoms. The van der Waals surface area contributed by atoms with Crippen LogP contribution in [-0.2, 0) is 6.42 Å². The number of nitrogens with two attached hydrogens (primary N) is 1. The Labute approximate surface area is 127 Å². The van der Waals surface area contributed by atoms with E-state index < -0.39 is 0 Å². The van der Waals surface area contributed by atoms with Crippen LogP contribution in [0.1, 0.15) is 30.0 Å². The molecule has 1 aromatic carbocycles. The van der Waals surface area contributed by atoms with E-state index in [2.05, 4.69) is 66.0 Å². The van der Waals surface area contributed by atoms with Gasteiger partial charge in [0.15, 0.2) is 5.96 Å². The van der Waals surface area contributed by atoms with E-state index in [0.717, 1.165) is 12.8 Å². The minimum atomic E-state index is 0.127. The maximum Gasteiger partial charge on any atom is 0.224 e. The van der Waals surface area contributed by atoms with Crippen LogP contribution in [0.3, 0.4) is 0 Å². The summed E-state index contributed by atoms with van der Waals surface area (Å²) in [6.45, 7) is 9.79. The fourth-order valence-electron chi connectivity index (χ4n) is 1.99. The number of hydrogen-bond donors (Lipinski definition) is 2. The zero-order chi connectivity index (χ0) is 15.8. The second kappa shape index (κ2) is 8.19. The van der Waals surface area contributed by atoms with Crippen LogP contribution in [0.5, 0.6) is 0 Å². The van der Waals surface area contributed by atoms with E-state index in [-0.39, 0.29) is 12.0 Å². The fourth-order valence-corrected chi connectivity index (χ4v) is 1.99. The summed E-state index contributed by atoms with van der Waals surface area (Å²) in [5.74, 6) is 0.689. The summed E-state index contributed by atoms with van der Waals surface area (Å²) >= 11 is 0. The van der Waals surface area contributed by atoms with Crippen molar-refractivity contribution in [3.63, 3.8) is 0 Å². The molecule has 0 saturated heterocycles. The molecule has 0 spiro atoms. The molecule has 0 aliphatic carbocycles.